The molecule has 0 unspecified atom stereocenters. The van der Waals surface area contributed by atoms with Gasteiger partial charge < -0.3 is 19.3 Å². The lowest BCUT2D eigenvalue weighted by molar-refractivity contribution is 0.332. The third-order valence-electron chi connectivity index (χ3n) is 14.0. The summed E-state index contributed by atoms with van der Waals surface area (Å²) in [6, 6.07) is -27.9. The second-order valence-corrected chi connectivity index (χ2v) is 20.6. The number of hydrogen-bond acceptors (Lipinski definition) is 3. The SMILES string of the molecule is [2H]c1c([2H])c([2H])c(N(c2c([2H])c([2H])c([2H])c([2H])c2[2H])c2c([2H])c(N(c3c([2H])c([2H])c4c(c3[2H])C(C)(C)CCC4(C)C)c3c([2H])c([2H])c4c(c3[2H])C(C)(C)CCC4(C)C)c(Cl)c(N3c4c([2H])c([2H])c([2H])c([2H])c4-n4c5c([2H])c([2H])c([2H])c([2H])c5c5c([2H])c([2H])c([2H])c3c54)c2[2H])c([2H])c1[2H]. The van der Waals surface area contributed by atoms with Gasteiger partial charge in [-0.1, -0.05) is 158 Å². The van der Waals surface area contributed by atoms with Crippen molar-refractivity contribution in [1.82, 2.24) is 4.57 Å². The monoisotopic (exact) mass is 950 g/mol. The van der Waals surface area contributed by atoms with Crippen molar-refractivity contribution in [3.63, 3.8) is 0 Å². The molecule has 0 fully saturated rings. The number of benzene rings is 8. The standard InChI is InChI=1S/C64H61ClN4/c1-61(2)34-36-63(5,6)51-38-44(30-32-49(51)61)67(45-31-33-50-52(39-45)64(7,8)37-35-62(50,3)4)57-40-46(66(42-20-11-9-12-21-42)43-22-13-10-14-23-43)41-58(59(57)65)68-54-27-17-18-28-55(54)69-53-26-16-15-24-47(53)48-25-19-29-56(68)60(48)69/h9-33,38-41H,34-37H2,1-8H3/i9D,10D,11D,12D,13D,14D,15D,16D,17D,18D,19D,20D,21D,22D,23D,24D,25D,26D,27D,28D,29D,30D,31D,32D,33D,38D,39D,40D,41D. The Labute approximate surface area is 454 Å². The number of fused-ring (bicyclic) bond motifs is 7. The molecule has 0 radical (unpaired) electrons. The van der Waals surface area contributed by atoms with Gasteiger partial charge >= 0.3 is 0 Å². The first-order chi connectivity index (χ1) is 45.2. The highest BCUT2D eigenvalue weighted by molar-refractivity contribution is 6.37. The Bertz CT molecular complexity index is 4990. The third kappa shape index (κ3) is 6.84. The summed E-state index contributed by atoms with van der Waals surface area (Å²) in [5.74, 6) is 0. The molecule has 5 heteroatoms. The van der Waals surface area contributed by atoms with Crippen LogP contribution in [0.1, 0.15) is 143 Å². The van der Waals surface area contributed by atoms with Crippen molar-refractivity contribution >= 4 is 84.6 Å². The minimum absolute atomic E-state index is 0.168. The molecule has 8 aromatic carbocycles. The third-order valence-corrected chi connectivity index (χ3v) is 14.4. The summed E-state index contributed by atoms with van der Waals surface area (Å²) < 4.78 is 281. The summed E-state index contributed by atoms with van der Waals surface area (Å²) in [6.07, 6.45) is 1.62. The van der Waals surface area contributed by atoms with Crippen LogP contribution in [0.3, 0.4) is 0 Å². The minimum atomic E-state index is -1.30. The molecule has 69 heavy (non-hydrogen) atoms. The van der Waals surface area contributed by atoms with Gasteiger partial charge in [0.1, 0.15) is 0 Å². The molecule has 9 aromatic rings. The molecule has 0 amide bonds. The van der Waals surface area contributed by atoms with Gasteiger partial charge in [-0.05, 0) is 154 Å². The molecule has 2 heterocycles. The zero-order valence-electron chi connectivity index (χ0n) is 68.0. The fourth-order valence-corrected chi connectivity index (χ4v) is 10.2. The largest absolute Gasteiger partial charge is 0.310 e. The number of halogens is 1. The van der Waals surface area contributed by atoms with Crippen molar-refractivity contribution in [2.45, 2.75) is 103 Å². The highest BCUT2D eigenvalue weighted by Gasteiger charge is 2.40. The number of nitrogens with zero attached hydrogens (tertiary/aromatic N) is 4. The maximum atomic E-state index is 11.1. The number of hydrogen-bond donors (Lipinski definition) is 0. The number of rotatable bonds is 7. The van der Waals surface area contributed by atoms with Gasteiger partial charge in [0.2, 0.25) is 0 Å². The number of para-hydroxylation sites is 6. The summed E-state index contributed by atoms with van der Waals surface area (Å²) in [4.78, 5) is 1.94. The first kappa shape index (κ1) is 22.3. The normalized spacial score (nSPS) is 22.9. The molecule has 0 atom stereocenters. The lowest BCUT2D eigenvalue weighted by Crippen LogP contribution is -2.34. The highest BCUT2D eigenvalue weighted by atomic mass is 35.5. The van der Waals surface area contributed by atoms with Crippen LogP contribution in [0.25, 0.3) is 27.5 Å². The predicted molar refractivity (Wildman–Crippen MR) is 294 cm³/mol. The van der Waals surface area contributed by atoms with Crippen LogP contribution < -0.4 is 14.7 Å². The molecule has 0 saturated carbocycles. The highest BCUT2D eigenvalue weighted by Crippen LogP contribution is 2.57. The van der Waals surface area contributed by atoms with E-state index in [0.29, 0.717) is 30.6 Å². The Hall–Kier alpha value is -6.75. The molecule has 0 N–H and O–H groups in total. The molecule has 0 spiro atoms. The van der Waals surface area contributed by atoms with Gasteiger partial charge in [0.25, 0.3) is 0 Å². The summed E-state index contributed by atoms with van der Waals surface area (Å²) in [7, 11) is 0. The molecule has 2 aliphatic carbocycles. The Morgan fingerprint density at radius 2 is 0.884 bits per heavy atom. The van der Waals surface area contributed by atoms with E-state index in [2.05, 4.69) is 0 Å². The van der Waals surface area contributed by atoms with E-state index in [-0.39, 0.29) is 22.3 Å². The fraction of sp³-hybridized carbons (Fsp3) is 0.250. The van der Waals surface area contributed by atoms with E-state index in [1.165, 1.54) is 0 Å². The van der Waals surface area contributed by atoms with Crippen LogP contribution in [-0.4, -0.2) is 4.57 Å². The molecule has 3 aliphatic rings. The summed E-state index contributed by atoms with van der Waals surface area (Å²) >= 11 is 8.20. The van der Waals surface area contributed by atoms with Gasteiger partial charge in [-0.3, -0.25) is 0 Å². The molecule has 1 aliphatic heterocycles. The maximum Gasteiger partial charge on any atom is 0.0888 e. The lowest BCUT2D eigenvalue weighted by Gasteiger charge is -2.43. The van der Waals surface area contributed by atoms with Crippen LogP contribution >= 0.6 is 11.6 Å². The zero-order chi connectivity index (χ0) is 72.9. The Morgan fingerprint density at radius 3 is 1.46 bits per heavy atom. The Kier molecular flexibility index (Phi) is 5.06. The summed E-state index contributed by atoms with van der Waals surface area (Å²) in [5, 5.41) is -2.05. The van der Waals surface area contributed by atoms with E-state index in [1.807, 2.05) is 27.7 Å². The minimum Gasteiger partial charge on any atom is -0.310 e. The van der Waals surface area contributed by atoms with Crippen molar-refractivity contribution in [3.8, 4) is 5.69 Å². The van der Waals surface area contributed by atoms with Crippen LogP contribution in [0.4, 0.5) is 51.2 Å². The van der Waals surface area contributed by atoms with Gasteiger partial charge in [0, 0.05) is 33.5 Å². The molecule has 0 bridgehead atoms. The second kappa shape index (κ2) is 15.6. The van der Waals surface area contributed by atoms with Crippen molar-refractivity contribution in [1.29, 1.82) is 0 Å². The van der Waals surface area contributed by atoms with E-state index in [1.54, 1.807) is 27.7 Å². The Morgan fingerprint density at radius 1 is 0.406 bits per heavy atom. The lowest BCUT2D eigenvalue weighted by atomic mass is 9.63. The second-order valence-electron chi connectivity index (χ2n) is 20.2. The van der Waals surface area contributed by atoms with Crippen molar-refractivity contribution < 1.29 is 39.8 Å². The van der Waals surface area contributed by atoms with E-state index in [0.717, 1.165) is 14.4 Å². The molecular weight excluding hydrogens is 860 g/mol. The van der Waals surface area contributed by atoms with Crippen LogP contribution in [0.5, 0.6) is 0 Å². The van der Waals surface area contributed by atoms with Gasteiger partial charge in [0.15, 0.2) is 0 Å². The van der Waals surface area contributed by atoms with Crippen LogP contribution in [0, 0.1) is 0 Å². The summed E-state index contributed by atoms with van der Waals surface area (Å²) in [5.41, 5.74) is -13.5. The van der Waals surface area contributed by atoms with Crippen LogP contribution in [0.15, 0.2) is 175 Å². The molecule has 1 aromatic heterocycles. The number of anilines is 9. The quantitative estimate of drug-likeness (QED) is 0.158. The molecule has 4 nitrogen and oxygen atoms in total. The van der Waals surface area contributed by atoms with Gasteiger partial charge in [-0.2, -0.15) is 0 Å². The van der Waals surface area contributed by atoms with Crippen molar-refractivity contribution in [3.05, 3.63) is 203 Å². The van der Waals surface area contributed by atoms with E-state index in [4.69, 9.17) is 22.6 Å². The van der Waals surface area contributed by atoms with Gasteiger partial charge in [0.05, 0.1) is 89.9 Å². The van der Waals surface area contributed by atoms with E-state index < -0.39 is 281 Å². The van der Waals surface area contributed by atoms with Crippen molar-refractivity contribution in [2.24, 2.45) is 0 Å². The van der Waals surface area contributed by atoms with Crippen LogP contribution in [-0.2, 0) is 21.7 Å². The number of aromatic nitrogens is 1. The summed E-state index contributed by atoms with van der Waals surface area (Å²) in [6.45, 7) is 14.4. The molecular formula is C64H61ClN4. The van der Waals surface area contributed by atoms with E-state index in [9.17, 15) is 28.8 Å². The molecule has 344 valence electrons. The predicted octanol–water partition coefficient (Wildman–Crippen LogP) is 18.9. The maximum absolute atomic E-state index is 11.1. The van der Waals surface area contributed by atoms with E-state index >= 15 is 0 Å². The zero-order valence-corrected chi connectivity index (χ0v) is 39.8. The first-order valence-corrected chi connectivity index (χ1v) is 22.9. The fourth-order valence-electron chi connectivity index (χ4n) is 9.97. The average molecular weight is 951 g/mol. The smallest absolute Gasteiger partial charge is 0.0888 e. The topological polar surface area (TPSA) is 14.7 Å². The van der Waals surface area contributed by atoms with Gasteiger partial charge in [-0.25, -0.2) is 0 Å². The van der Waals surface area contributed by atoms with Gasteiger partial charge in [-0.15, -0.1) is 0 Å². The average Bonchev–Trinajstić information content (AvgIpc) is 1.40. The van der Waals surface area contributed by atoms with Crippen LogP contribution in [0.2, 0.25) is 5.02 Å². The Balaban J connectivity index is 1.45. The molecule has 12 rings (SSSR count). The van der Waals surface area contributed by atoms with Crippen molar-refractivity contribution in [2.75, 3.05) is 14.7 Å². The first-order valence-electron chi connectivity index (χ1n) is 37.0. The molecule has 0 saturated heterocycles.